The summed E-state index contributed by atoms with van der Waals surface area (Å²) in [6.45, 7) is 0. The molecule has 1 fully saturated rings. The summed E-state index contributed by atoms with van der Waals surface area (Å²) in [5.74, 6) is 0.789. The van der Waals surface area contributed by atoms with Gasteiger partial charge in [-0.15, -0.1) is 0 Å². The molecule has 1 aromatic heterocycles. The Bertz CT molecular complexity index is 1220. The van der Waals surface area contributed by atoms with Crippen LogP contribution >= 0.6 is 11.8 Å². The molecule has 0 spiro atoms. The normalized spacial score (nSPS) is 20.8. The Morgan fingerprint density at radius 2 is 1.71 bits per heavy atom. The van der Waals surface area contributed by atoms with E-state index in [-0.39, 0.29) is 35.3 Å². The number of aromatic nitrogens is 2. The van der Waals surface area contributed by atoms with Gasteiger partial charge in [0.1, 0.15) is 11.6 Å². The molecule has 3 aromatic rings. The van der Waals surface area contributed by atoms with Gasteiger partial charge in [0.15, 0.2) is 5.16 Å². The van der Waals surface area contributed by atoms with E-state index in [4.69, 9.17) is 16.6 Å². The second kappa shape index (κ2) is 9.69. The molecule has 172 valence electrons. The van der Waals surface area contributed by atoms with Crippen molar-refractivity contribution < 1.29 is 4.79 Å². The number of fused-ring (bicyclic) bond motifs is 1. The molecule has 34 heavy (non-hydrogen) atoms. The third-order valence-electron chi connectivity index (χ3n) is 6.11. The fourth-order valence-electron chi connectivity index (χ4n) is 4.66. The van der Waals surface area contributed by atoms with E-state index in [9.17, 15) is 4.79 Å². The summed E-state index contributed by atoms with van der Waals surface area (Å²) in [6.07, 6.45) is 5.23. The van der Waals surface area contributed by atoms with E-state index in [0.717, 1.165) is 36.1 Å². The number of hydrogen-bond acceptors (Lipinski definition) is 7. The first-order chi connectivity index (χ1) is 16.6. The van der Waals surface area contributed by atoms with E-state index < -0.39 is 0 Å². The first kappa shape index (κ1) is 22.2. The molecule has 0 unspecified atom stereocenters. The van der Waals surface area contributed by atoms with Crippen LogP contribution in [-0.2, 0) is 4.79 Å². The van der Waals surface area contributed by atoms with Crippen molar-refractivity contribution in [3.63, 3.8) is 0 Å². The van der Waals surface area contributed by atoms with Crippen LogP contribution in [0.15, 0.2) is 82.6 Å². The number of hydrazone groups is 1. The average Bonchev–Trinajstić information content (AvgIpc) is 3.24. The van der Waals surface area contributed by atoms with Crippen molar-refractivity contribution in [2.24, 2.45) is 11.0 Å². The lowest BCUT2D eigenvalue weighted by atomic mass is 9.77. The molecular formula is C26H26N6OS. The zero-order valence-corrected chi connectivity index (χ0v) is 19.5. The predicted molar refractivity (Wildman–Crippen MR) is 137 cm³/mol. The Morgan fingerprint density at radius 3 is 2.41 bits per heavy atom. The highest BCUT2D eigenvalue weighted by atomic mass is 32.2. The highest BCUT2D eigenvalue weighted by Gasteiger charge is 2.43. The van der Waals surface area contributed by atoms with E-state index in [1.54, 1.807) is 5.01 Å². The van der Waals surface area contributed by atoms with Crippen LogP contribution in [0.3, 0.4) is 0 Å². The molecule has 2 aliphatic rings. The van der Waals surface area contributed by atoms with E-state index in [1.807, 2.05) is 36.4 Å². The number of nitrogens with two attached hydrogens (primary N) is 2. The second-order valence-electron chi connectivity index (χ2n) is 8.45. The number of rotatable bonds is 5. The smallest absolute Gasteiger partial charge is 0.253 e. The fourth-order valence-corrected chi connectivity index (χ4v) is 5.38. The molecule has 0 bridgehead atoms. The minimum absolute atomic E-state index is 0.0931. The maximum atomic E-state index is 13.4. The van der Waals surface area contributed by atoms with Crippen LogP contribution < -0.4 is 11.5 Å². The molecule has 1 aliphatic heterocycles. The average molecular weight is 471 g/mol. The molecule has 2 heterocycles. The summed E-state index contributed by atoms with van der Waals surface area (Å²) in [5, 5.41) is 6.98. The number of allylic oxidation sites excluding steroid dienone is 1. The van der Waals surface area contributed by atoms with Gasteiger partial charge >= 0.3 is 0 Å². The summed E-state index contributed by atoms with van der Waals surface area (Å²) in [5.41, 5.74) is 16.0. The van der Waals surface area contributed by atoms with Crippen molar-refractivity contribution in [1.82, 2.24) is 15.0 Å². The minimum atomic E-state index is -0.129. The third kappa shape index (κ3) is 4.68. The summed E-state index contributed by atoms with van der Waals surface area (Å²) < 4.78 is 0. The second-order valence-corrected chi connectivity index (χ2v) is 9.39. The summed E-state index contributed by atoms with van der Waals surface area (Å²) in [7, 11) is 0. The standard InChI is InChI=1S/C26H26N6OS/c27-21-15-22(28)30-26(29-21)34-16-23(33)32-25(18-10-5-2-6-11-18)20-13-7-12-19(24(20)31-32)14-17-8-3-1-4-9-17/h1-6,8-11,14-15,20,25H,7,12-13,16H2,(H4,27,28,29,30)/b19-14-/t20-,25+/m0/s1. The molecule has 1 amide bonds. The van der Waals surface area contributed by atoms with Gasteiger partial charge in [0.05, 0.1) is 17.5 Å². The van der Waals surface area contributed by atoms with Gasteiger partial charge in [0.2, 0.25) is 0 Å². The maximum Gasteiger partial charge on any atom is 0.253 e. The van der Waals surface area contributed by atoms with Gasteiger partial charge in [-0.25, -0.2) is 15.0 Å². The van der Waals surface area contributed by atoms with Crippen molar-refractivity contribution in [1.29, 1.82) is 0 Å². The number of nitrogen functional groups attached to an aromatic ring is 2. The quantitative estimate of drug-likeness (QED) is 0.418. The first-order valence-electron chi connectivity index (χ1n) is 11.3. The van der Waals surface area contributed by atoms with Gasteiger partial charge in [0.25, 0.3) is 5.91 Å². The van der Waals surface area contributed by atoms with Crippen LogP contribution in [0, 0.1) is 5.92 Å². The number of nitrogens with zero attached hydrogens (tertiary/aromatic N) is 4. The number of hydrogen-bond donors (Lipinski definition) is 2. The van der Waals surface area contributed by atoms with Crippen LogP contribution in [0.4, 0.5) is 11.6 Å². The lowest BCUT2D eigenvalue weighted by molar-refractivity contribution is -0.130. The number of amides is 1. The summed E-state index contributed by atoms with van der Waals surface area (Å²) in [6, 6.07) is 21.8. The molecule has 2 aromatic carbocycles. The van der Waals surface area contributed by atoms with E-state index >= 15 is 0 Å². The number of benzene rings is 2. The zero-order chi connectivity index (χ0) is 23.5. The zero-order valence-electron chi connectivity index (χ0n) is 18.7. The largest absolute Gasteiger partial charge is 0.383 e. The van der Waals surface area contributed by atoms with Crippen molar-refractivity contribution in [3.05, 3.63) is 83.4 Å². The van der Waals surface area contributed by atoms with Gasteiger partial charge in [-0.05, 0) is 42.0 Å². The van der Waals surface area contributed by atoms with Crippen LogP contribution in [0.2, 0.25) is 0 Å². The minimum Gasteiger partial charge on any atom is -0.383 e. The van der Waals surface area contributed by atoms with Crippen LogP contribution in [-0.4, -0.2) is 32.3 Å². The Hall–Kier alpha value is -3.65. The highest BCUT2D eigenvalue weighted by Crippen LogP contribution is 2.44. The maximum absolute atomic E-state index is 13.4. The molecule has 7 nitrogen and oxygen atoms in total. The number of carbonyl (C=O) groups is 1. The Kier molecular flexibility index (Phi) is 6.31. The van der Waals surface area contributed by atoms with Crippen LogP contribution in [0.5, 0.6) is 0 Å². The lowest BCUT2D eigenvalue weighted by Crippen LogP contribution is -2.32. The molecule has 5 rings (SSSR count). The molecular weight excluding hydrogens is 444 g/mol. The van der Waals surface area contributed by atoms with Crippen LogP contribution in [0.25, 0.3) is 6.08 Å². The van der Waals surface area contributed by atoms with Crippen molar-refractivity contribution >= 4 is 41.1 Å². The van der Waals surface area contributed by atoms with E-state index in [0.29, 0.717) is 5.16 Å². The number of thioether (sulfide) groups is 1. The lowest BCUT2D eigenvalue weighted by Gasteiger charge is -2.29. The van der Waals surface area contributed by atoms with Crippen molar-refractivity contribution in [3.8, 4) is 0 Å². The molecule has 8 heteroatoms. The Balaban J connectivity index is 1.45. The molecule has 2 atom stereocenters. The first-order valence-corrected chi connectivity index (χ1v) is 12.3. The monoisotopic (exact) mass is 470 g/mol. The molecule has 1 saturated carbocycles. The Labute approximate surface area is 203 Å². The number of anilines is 2. The fraction of sp³-hybridized carbons (Fsp3) is 0.231. The van der Waals surface area contributed by atoms with Crippen LogP contribution in [0.1, 0.15) is 36.4 Å². The predicted octanol–water partition coefficient (Wildman–Crippen LogP) is 4.56. The van der Waals surface area contributed by atoms with Gasteiger partial charge in [-0.1, -0.05) is 72.4 Å². The molecule has 0 radical (unpaired) electrons. The number of carbonyl (C=O) groups excluding carboxylic acids is 1. The van der Waals surface area contributed by atoms with E-state index in [2.05, 4.69) is 40.3 Å². The SMILES string of the molecule is Nc1cc(N)nc(SCC(=O)N2N=C3/C(=C\c4ccccc4)CCC[C@@H]3[C@H]2c2ccccc2)n1. The third-order valence-corrected chi connectivity index (χ3v) is 6.94. The van der Waals surface area contributed by atoms with Gasteiger partial charge in [0, 0.05) is 12.0 Å². The van der Waals surface area contributed by atoms with Crippen molar-refractivity contribution in [2.45, 2.75) is 30.5 Å². The summed E-state index contributed by atoms with van der Waals surface area (Å²) in [4.78, 5) is 21.8. The van der Waals surface area contributed by atoms with Gasteiger partial charge in [-0.3, -0.25) is 4.79 Å². The van der Waals surface area contributed by atoms with Crippen molar-refractivity contribution in [2.75, 3.05) is 17.2 Å². The summed E-state index contributed by atoms with van der Waals surface area (Å²) >= 11 is 1.22. The molecule has 4 N–H and O–H groups in total. The molecule has 0 saturated heterocycles. The van der Waals surface area contributed by atoms with Gasteiger partial charge < -0.3 is 11.5 Å². The van der Waals surface area contributed by atoms with Gasteiger partial charge in [-0.2, -0.15) is 5.10 Å². The molecule has 1 aliphatic carbocycles. The topological polar surface area (TPSA) is 110 Å². The Morgan fingerprint density at radius 1 is 1.03 bits per heavy atom. The van der Waals surface area contributed by atoms with E-state index in [1.165, 1.54) is 23.4 Å². The highest BCUT2D eigenvalue weighted by molar-refractivity contribution is 7.99.